The van der Waals surface area contributed by atoms with E-state index < -0.39 is 19.2 Å². The zero-order valence-electron chi connectivity index (χ0n) is 7.48. The van der Waals surface area contributed by atoms with Crippen molar-refractivity contribution in [3.63, 3.8) is 0 Å². The van der Waals surface area contributed by atoms with Crippen LogP contribution in [0.5, 0.6) is 5.75 Å². The van der Waals surface area contributed by atoms with Gasteiger partial charge >= 0.3 is 12.6 Å². The number of carboxylic acid groups (broad SMARTS) is 1. The zero-order chi connectivity index (χ0) is 11.4. The molecule has 4 nitrogen and oxygen atoms in total. The first kappa shape index (κ1) is 11.4. The molecular weight excluding hydrogens is 210 g/mol. The Hall–Kier alpha value is -1.69. The van der Waals surface area contributed by atoms with Crippen LogP contribution in [0.25, 0.3) is 0 Å². The molecule has 1 aromatic carbocycles. The summed E-state index contributed by atoms with van der Waals surface area (Å²) in [6, 6.07) is 3.27. The molecule has 0 amide bonds. The minimum absolute atomic E-state index is 0.0284. The van der Waals surface area contributed by atoms with Crippen molar-refractivity contribution in [2.24, 2.45) is 0 Å². The molecule has 0 heterocycles. The Morgan fingerprint density at radius 1 is 1.47 bits per heavy atom. The minimum atomic E-state index is -2.98. The maximum atomic E-state index is 11.8. The Bertz CT molecular complexity index is 365. The molecule has 82 valence electrons. The molecule has 0 aromatic heterocycles. The summed E-state index contributed by atoms with van der Waals surface area (Å²) in [5.74, 6) is -1.42. The van der Waals surface area contributed by atoms with Crippen LogP contribution in [0, 0.1) is 0 Å². The lowest BCUT2D eigenvalue weighted by Crippen LogP contribution is -2.06. The summed E-state index contributed by atoms with van der Waals surface area (Å²) >= 11 is 0. The fraction of sp³-hybridized carbons (Fsp3) is 0.222. The molecule has 0 aliphatic heterocycles. The molecule has 0 aliphatic carbocycles. The maximum Gasteiger partial charge on any atom is 0.387 e. The van der Waals surface area contributed by atoms with Gasteiger partial charge in [0.2, 0.25) is 0 Å². The predicted octanol–water partition coefficient (Wildman–Crippen LogP) is 1.48. The van der Waals surface area contributed by atoms with E-state index in [2.05, 4.69) is 4.74 Å². The highest BCUT2D eigenvalue weighted by molar-refractivity contribution is 5.89. The summed E-state index contributed by atoms with van der Waals surface area (Å²) < 4.78 is 27.7. The van der Waals surface area contributed by atoms with Crippen LogP contribution >= 0.6 is 0 Å². The van der Waals surface area contributed by atoms with E-state index in [9.17, 15) is 13.6 Å². The summed E-state index contributed by atoms with van der Waals surface area (Å²) in [7, 11) is 0. The number of aliphatic hydroxyl groups excluding tert-OH is 1. The Morgan fingerprint density at radius 2 is 2.13 bits per heavy atom. The number of ether oxygens (including phenoxy) is 1. The molecule has 0 aliphatic rings. The van der Waals surface area contributed by atoms with E-state index in [1.54, 1.807) is 0 Å². The second kappa shape index (κ2) is 4.70. The lowest BCUT2D eigenvalue weighted by atomic mass is 10.1. The standard InChI is InChI=1S/C9H8F2O4/c10-9(11)15-6-1-2-7(8(13)14)5(3-6)4-12/h1-3,9,12H,4H2,(H,13,14). The number of hydrogen-bond donors (Lipinski definition) is 2. The van der Waals surface area contributed by atoms with Crippen LogP contribution in [0.3, 0.4) is 0 Å². The third kappa shape index (κ3) is 2.88. The summed E-state index contributed by atoms with van der Waals surface area (Å²) in [4.78, 5) is 10.6. The molecule has 15 heavy (non-hydrogen) atoms. The second-order valence-electron chi connectivity index (χ2n) is 2.66. The van der Waals surface area contributed by atoms with Gasteiger partial charge in [-0.3, -0.25) is 0 Å². The monoisotopic (exact) mass is 218 g/mol. The van der Waals surface area contributed by atoms with E-state index in [0.717, 1.165) is 18.2 Å². The lowest BCUT2D eigenvalue weighted by Gasteiger charge is -2.07. The Kier molecular flexibility index (Phi) is 3.56. The van der Waals surface area contributed by atoms with E-state index in [-0.39, 0.29) is 16.9 Å². The Labute approximate surface area is 83.7 Å². The Morgan fingerprint density at radius 3 is 2.60 bits per heavy atom. The summed E-state index contributed by atoms with van der Waals surface area (Å²) in [5.41, 5.74) is -0.111. The molecule has 0 atom stereocenters. The van der Waals surface area contributed by atoms with Crippen LogP contribution in [0.2, 0.25) is 0 Å². The molecule has 0 saturated carbocycles. The van der Waals surface area contributed by atoms with Gasteiger partial charge in [-0.15, -0.1) is 0 Å². The summed E-state index contributed by atoms with van der Waals surface area (Å²) in [6.45, 7) is -3.53. The number of benzene rings is 1. The van der Waals surface area contributed by atoms with Crippen molar-refractivity contribution < 1.29 is 28.5 Å². The van der Waals surface area contributed by atoms with Crippen LogP contribution in [0.1, 0.15) is 15.9 Å². The first-order chi connectivity index (χ1) is 7.04. The number of carboxylic acids is 1. The molecule has 0 fully saturated rings. The van der Waals surface area contributed by atoms with E-state index >= 15 is 0 Å². The number of hydrogen-bond acceptors (Lipinski definition) is 3. The van der Waals surface area contributed by atoms with E-state index in [4.69, 9.17) is 10.2 Å². The third-order valence-corrected chi connectivity index (χ3v) is 1.70. The summed E-state index contributed by atoms with van der Waals surface area (Å²) in [5, 5.41) is 17.5. The van der Waals surface area contributed by atoms with Gasteiger partial charge in [0.25, 0.3) is 0 Å². The van der Waals surface area contributed by atoms with Gasteiger partial charge in [0, 0.05) is 0 Å². The highest BCUT2D eigenvalue weighted by Crippen LogP contribution is 2.19. The van der Waals surface area contributed by atoms with Crippen LogP contribution in [0.4, 0.5) is 8.78 Å². The molecule has 6 heteroatoms. The van der Waals surface area contributed by atoms with Crippen molar-refractivity contribution in [3.8, 4) is 5.75 Å². The van der Waals surface area contributed by atoms with E-state index in [0.29, 0.717) is 0 Å². The van der Waals surface area contributed by atoms with Gasteiger partial charge in [0.15, 0.2) is 0 Å². The first-order valence-corrected chi connectivity index (χ1v) is 3.96. The second-order valence-corrected chi connectivity index (χ2v) is 2.66. The fourth-order valence-electron chi connectivity index (χ4n) is 1.09. The lowest BCUT2D eigenvalue weighted by molar-refractivity contribution is -0.0499. The zero-order valence-corrected chi connectivity index (χ0v) is 7.48. The molecule has 0 unspecified atom stereocenters. The first-order valence-electron chi connectivity index (χ1n) is 3.96. The number of aliphatic hydroxyl groups is 1. The largest absolute Gasteiger partial charge is 0.478 e. The quantitative estimate of drug-likeness (QED) is 0.803. The van der Waals surface area contributed by atoms with Gasteiger partial charge in [-0.05, 0) is 23.8 Å². The van der Waals surface area contributed by atoms with E-state index in [1.165, 1.54) is 0 Å². The van der Waals surface area contributed by atoms with Gasteiger partial charge < -0.3 is 14.9 Å². The van der Waals surface area contributed by atoms with Crippen molar-refractivity contribution >= 4 is 5.97 Å². The van der Waals surface area contributed by atoms with Gasteiger partial charge in [0.05, 0.1) is 12.2 Å². The molecule has 1 rings (SSSR count). The van der Waals surface area contributed by atoms with Gasteiger partial charge in [-0.2, -0.15) is 8.78 Å². The number of carbonyl (C=O) groups is 1. The number of rotatable bonds is 4. The minimum Gasteiger partial charge on any atom is -0.478 e. The van der Waals surface area contributed by atoms with Crippen molar-refractivity contribution in [2.75, 3.05) is 0 Å². The van der Waals surface area contributed by atoms with Gasteiger partial charge in [-0.1, -0.05) is 0 Å². The molecular formula is C9H8F2O4. The maximum absolute atomic E-state index is 11.8. The highest BCUT2D eigenvalue weighted by atomic mass is 19.3. The molecule has 0 spiro atoms. The predicted molar refractivity (Wildman–Crippen MR) is 46.0 cm³/mol. The molecule has 1 aromatic rings. The summed E-state index contributed by atoms with van der Waals surface area (Å²) in [6.07, 6.45) is 0. The number of alkyl halides is 2. The van der Waals surface area contributed by atoms with Crippen LogP contribution < -0.4 is 4.74 Å². The fourth-order valence-corrected chi connectivity index (χ4v) is 1.09. The van der Waals surface area contributed by atoms with Crippen molar-refractivity contribution in [1.82, 2.24) is 0 Å². The smallest absolute Gasteiger partial charge is 0.387 e. The number of aromatic carboxylic acids is 1. The van der Waals surface area contributed by atoms with Gasteiger partial charge in [0.1, 0.15) is 5.75 Å². The molecule has 0 saturated heterocycles. The van der Waals surface area contributed by atoms with Crippen LogP contribution in [-0.4, -0.2) is 22.8 Å². The highest BCUT2D eigenvalue weighted by Gasteiger charge is 2.12. The van der Waals surface area contributed by atoms with Crippen LogP contribution in [-0.2, 0) is 6.61 Å². The van der Waals surface area contributed by atoms with Crippen molar-refractivity contribution in [2.45, 2.75) is 13.2 Å². The SMILES string of the molecule is O=C(O)c1ccc(OC(F)F)cc1CO. The normalized spacial score (nSPS) is 10.4. The molecule has 2 N–H and O–H groups in total. The number of halogens is 2. The van der Waals surface area contributed by atoms with E-state index in [1.807, 2.05) is 0 Å². The topological polar surface area (TPSA) is 66.8 Å². The average Bonchev–Trinajstić information content (AvgIpc) is 2.16. The van der Waals surface area contributed by atoms with Crippen molar-refractivity contribution in [3.05, 3.63) is 29.3 Å². The van der Waals surface area contributed by atoms with Crippen LogP contribution in [0.15, 0.2) is 18.2 Å². The van der Waals surface area contributed by atoms with Gasteiger partial charge in [-0.25, -0.2) is 4.79 Å². The molecule has 0 radical (unpaired) electrons. The van der Waals surface area contributed by atoms with Crippen molar-refractivity contribution in [1.29, 1.82) is 0 Å². The molecule has 0 bridgehead atoms. The Balaban J connectivity index is 3.02. The average molecular weight is 218 g/mol. The third-order valence-electron chi connectivity index (χ3n) is 1.70.